The Kier molecular flexibility index (Phi) is 4.84. The number of hydrogen-bond acceptors (Lipinski definition) is 2. The van der Waals surface area contributed by atoms with Gasteiger partial charge in [0, 0.05) is 19.2 Å². The van der Waals surface area contributed by atoms with Gasteiger partial charge in [0.05, 0.1) is 0 Å². The van der Waals surface area contributed by atoms with E-state index in [-0.39, 0.29) is 12.5 Å². The van der Waals surface area contributed by atoms with E-state index in [1.165, 1.54) is 12.5 Å². The van der Waals surface area contributed by atoms with Crippen LogP contribution in [-0.4, -0.2) is 17.6 Å². The molecule has 3 nitrogen and oxygen atoms in total. The predicted octanol–water partition coefficient (Wildman–Crippen LogP) is 1.96. The zero-order valence-electron chi connectivity index (χ0n) is 8.99. The van der Waals surface area contributed by atoms with Gasteiger partial charge >= 0.3 is 0 Å². The molecule has 0 aliphatic heterocycles. The maximum Gasteiger partial charge on any atom is 0.221 e. The van der Waals surface area contributed by atoms with E-state index in [4.69, 9.17) is 5.11 Å². The maximum absolute atomic E-state index is 10.8. The number of aliphatic hydroxyl groups is 1. The molecule has 0 atom stereocenters. The molecule has 0 aromatic heterocycles. The van der Waals surface area contributed by atoms with E-state index in [1.54, 1.807) is 0 Å². The van der Waals surface area contributed by atoms with Crippen molar-refractivity contribution in [1.82, 2.24) is 0 Å². The summed E-state index contributed by atoms with van der Waals surface area (Å²) < 4.78 is 0. The van der Waals surface area contributed by atoms with Crippen LogP contribution in [0, 0.1) is 0 Å². The highest BCUT2D eigenvalue weighted by Crippen LogP contribution is 2.11. The molecule has 3 heteroatoms. The number of unbranched alkanes of at least 4 members (excludes halogenated alkanes) is 1. The Balaban J connectivity index is 2.45. The Morgan fingerprint density at radius 2 is 1.93 bits per heavy atom. The van der Waals surface area contributed by atoms with E-state index < -0.39 is 0 Å². The van der Waals surface area contributed by atoms with Crippen molar-refractivity contribution in [2.24, 2.45) is 0 Å². The monoisotopic (exact) mass is 207 g/mol. The molecule has 2 N–H and O–H groups in total. The normalized spacial score (nSPS) is 10.0. The van der Waals surface area contributed by atoms with Crippen LogP contribution in [0.2, 0.25) is 0 Å². The van der Waals surface area contributed by atoms with Gasteiger partial charge in [0.15, 0.2) is 0 Å². The molecule has 0 saturated heterocycles. The second-order valence-corrected chi connectivity index (χ2v) is 3.56. The summed E-state index contributed by atoms with van der Waals surface area (Å²) in [6.07, 6.45) is 2.81. The van der Waals surface area contributed by atoms with Crippen LogP contribution in [0.4, 0.5) is 5.69 Å². The number of anilines is 1. The van der Waals surface area contributed by atoms with E-state index in [0.29, 0.717) is 0 Å². The Morgan fingerprint density at radius 1 is 1.27 bits per heavy atom. The van der Waals surface area contributed by atoms with E-state index in [9.17, 15) is 4.79 Å². The molecule has 0 aliphatic carbocycles. The van der Waals surface area contributed by atoms with Crippen LogP contribution < -0.4 is 5.32 Å². The molecule has 0 aliphatic rings. The van der Waals surface area contributed by atoms with Gasteiger partial charge < -0.3 is 10.4 Å². The number of carbonyl (C=O) groups is 1. The first kappa shape index (κ1) is 11.7. The van der Waals surface area contributed by atoms with Crippen LogP contribution >= 0.6 is 0 Å². The summed E-state index contributed by atoms with van der Waals surface area (Å²) in [7, 11) is 0. The number of carbonyl (C=O) groups excluding carboxylic acids is 1. The number of hydrogen-bond donors (Lipinski definition) is 2. The van der Waals surface area contributed by atoms with Gasteiger partial charge in [0.25, 0.3) is 0 Å². The van der Waals surface area contributed by atoms with Crippen molar-refractivity contribution in [3.05, 3.63) is 29.8 Å². The molecule has 1 rings (SSSR count). The zero-order valence-corrected chi connectivity index (χ0v) is 8.99. The molecule has 1 amide bonds. The van der Waals surface area contributed by atoms with E-state index in [1.807, 2.05) is 24.3 Å². The lowest BCUT2D eigenvalue weighted by Crippen LogP contribution is -2.05. The Labute approximate surface area is 90.1 Å². The fraction of sp³-hybridized carbons (Fsp3) is 0.417. The summed E-state index contributed by atoms with van der Waals surface area (Å²) in [5.74, 6) is -0.0527. The van der Waals surface area contributed by atoms with Gasteiger partial charge in [-0.15, -0.1) is 0 Å². The van der Waals surface area contributed by atoms with Crippen LogP contribution in [0.25, 0.3) is 0 Å². The van der Waals surface area contributed by atoms with Gasteiger partial charge in [-0.05, 0) is 37.0 Å². The van der Waals surface area contributed by atoms with Crippen molar-refractivity contribution in [3.8, 4) is 0 Å². The highest BCUT2D eigenvalue weighted by Gasteiger charge is 1.96. The lowest BCUT2D eigenvalue weighted by atomic mass is 10.1. The molecule has 0 fully saturated rings. The Hall–Kier alpha value is -1.35. The molecular formula is C12H17NO2. The van der Waals surface area contributed by atoms with Crippen LogP contribution in [-0.2, 0) is 11.2 Å². The van der Waals surface area contributed by atoms with Gasteiger partial charge in [-0.2, -0.15) is 0 Å². The summed E-state index contributed by atoms with van der Waals surface area (Å²) in [6.45, 7) is 1.75. The van der Waals surface area contributed by atoms with E-state index in [0.717, 1.165) is 24.9 Å². The van der Waals surface area contributed by atoms with Crippen molar-refractivity contribution in [2.75, 3.05) is 11.9 Å². The first-order valence-corrected chi connectivity index (χ1v) is 5.20. The maximum atomic E-state index is 10.8. The lowest BCUT2D eigenvalue weighted by molar-refractivity contribution is -0.114. The minimum absolute atomic E-state index is 0.0527. The summed E-state index contributed by atoms with van der Waals surface area (Å²) in [5.41, 5.74) is 2.06. The van der Waals surface area contributed by atoms with Crippen LogP contribution in [0.15, 0.2) is 24.3 Å². The minimum atomic E-state index is -0.0527. The Bertz CT molecular complexity index is 306. The van der Waals surface area contributed by atoms with Gasteiger partial charge in [-0.3, -0.25) is 4.79 Å². The first-order chi connectivity index (χ1) is 7.22. The molecule has 0 spiro atoms. The third kappa shape index (κ3) is 4.61. The van der Waals surface area contributed by atoms with Crippen molar-refractivity contribution in [2.45, 2.75) is 26.2 Å². The van der Waals surface area contributed by atoms with Gasteiger partial charge in [0.1, 0.15) is 0 Å². The van der Waals surface area contributed by atoms with E-state index >= 15 is 0 Å². The van der Waals surface area contributed by atoms with Gasteiger partial charge in [0.2, 0.25) is 5.91 Å². The summed E-state index contributed by atoms with van der Waals surface area (Å²) in [4.78, 5) is 10.8. The van der Waals surface area contributed by atoms with Crippen LogP contribution in [0.1, 0.15) is 25.3 Å². The fourth-order valence-electron chi connectivity index (χ4n) is 1.40. The third-order valence-electron chi connectivity index (χ3n) is 2.15. The van der Waals surface area contributed by atoms with Crippen LogP contribution in [0.3, 0.4) is 0 Å². The first-order valence-electron chi connectivity index (χ1n) is 5.20. The largest absolute Gasteiger partial charge is 0.396 e. The van der Waals surface area contributed by atoms with Crippen molar-refractivity contribution in [1.29, 1.82) is 0 Å². The second-order valence-electron chi connectivity index (χ2n) is 3.56. The van der Waals surface area contributed by atoms with Crippen molar-refractivity contribution >= 4 is 11.6 Å². The molecule has 1 aromatic carbocycles. The highest BCUT2D eigenvalue weighted by atomic mass is 16.2. The van der Waals surface area contributed by atoms with Crippen LogP contribution in [0.5, 0.6) is 0 Å². The number of rotatable bonds is 5. The molecule has 0 radical (unpaired) electrons. The average Bonchev–Trinajstić information content (AvgIpc) is 2.20. The summed E-state index contributed by atoms with van der Waals surface area (Å²) in [5, 5.41) is 11.4. The average molecular weight is 207 g/mol. The Morgan fingerprint density at radius 3 is 2.47 bits per heavy atom. The quantitative estimate of drug-likeness (QED) is 0.725. The molecular weight excluding hydrogens is 190 g/mol. The number of nitrogens with one attached hydrogen (secondary N) is 1. The second kappa shape index (κ2) is 6.19. The van der Waals surface area contributed by atoms with E-state index in [2.05, 4.69) is 5.32 Å². The number of benzene rings is 1. The van der Waals surface area contributed by atoms with Gasteiger partial charge in [-0.1, -0.05) is 12.1 Å². The number of aryl methyl sites for hydroxylation is 1. The predicted molar refractivity (Wildman–Crippen MR) is 60.8 cm³/mol. The molecule has 0 bridgehead atoms. The summed E-state index contributed by atoms with van der Waals surface area (Å²) >= 11 is 0. The molecule has 15 heavy (non-hydrogen) atoms. The lowest BCUT2D eigenvalue weighted by Gasteiger charge is -2.04. The fourth-order valence-corrected chi connectivity index (χ4v) is 1.40. The number of amides is 1. The third-order valence-corrected chi connectivity index (χ3v) is 2.15. The molecule has 82 valence electrons. The standard InChI is InChI=1S/C12H17NO2/c1-10(15)13-12-7-5-11(6-8-12)4-2-3-9-14/h5-8,14H,2-4,9H2,1H3,(H,13,15). The highest BCUT2D eigenvalue weighted by molar-refractivity contribution is 5.88. The minimum Gasteiger partial charge on any atom is -0.396 e. The smallest absolute Gasteiger partial charge is 0.221 e. The van der Waals surface area contributed by atoms with Crippen molar-refractivity contribution in [3.63, 3.8) is 0 Å². The molecule has 0 unspecified atom stereocenters. The molecule has 0 saturated carbocycles. The van der Waals surface area contributed by atoms with Crippen molar-refractivity contribution < 1.29 is 9.90 Å². The number of aliphatic hydroxyl groups excluding tert-OH is 1. The summed E-state index contributed by atoms with van der Waals surface area (Å²) in [6, 6.07) is 7.80. The SMILES string of the molecule is CC(=O)Nc1ccc(CCCCO)cc1. The topological polar surface area (TPSA) is 49.3 Å². The zero-order chi connectivity index (χ0) is 11.1. The van der Waals surface area contributed by atoms with Gasteiger partial charge in [-0.25, -0.2) is 0 Å². The molecule has 0 heterocycles. The molecule has 1 aromatic rings.